The molecule has 0 saturated heterocycles. The maximum absolute atomic E-state index is 12.8. The molecule has 1 saturated carbocycles. The second kappa shape index (κ2) is 3.72. The highest BCUT2D eigenvalue weighted by atomic mass is 19.2. The van der Waals surface area contributed by atoms with E-state index in [1.165, 1.54) is 6.07 Å². The van der Waals surface area contributed by atoms with Crippen LogP contribution in [0, 0.1) is 23.5 Å². The lowest BCUT2D eigenvalue weighted by atomic mass is 10.1. The number of carbonyl (C=O) groups is 1. The molecule has 0 heterocycles. The van der Waals surface area contributed by atoms with Crippen molar-refractivity contribution in [3.05, 3.63) is 35.4 Å². The summed E-state index contributed by atoms with van der Waals surface area (Å²) in [5.41, 5.74) is 0.554. The van der Waals surface area contributed by atoms with Crippen LogP contribution in [-0.4, -0.2) is 5.78 Å². The third-order valence-corrected chi connectivity index (χ3v) is 2.89. The first-order valence-corrected chi connectivity index (χ1v) is 5.04. The molecule has 1 fully saturated rings. The zero-order valence-electron chi connectivity index (χ0n) is 8.47. The molecule has 2 unspecified atom stereocenters. The molecule has 3 heteroatoms. The van der Waals surface area contributed by atoms with E-state index in [0.717, 1.165) is 18.6 Å². The highest BCUT2D eigenvalue weighted by Crippen LogP contribution is 2.39. The molecule has 1 aliphatic rings. The Kier molecular flexibility index (Phi) is 2.55. The maximum Gasteiger partial charge on any atom is 0.159 e. The zero-order chi connectivity index (χ0) is 11.0. The smallest absolute Gasteiger partial charge is 0.159 e. The van der Waals surface area contributed by atoms with Crippen LogP contribution >= 0.6 is 0 Å². The number of Topliss-reactive ketones (excluding diaryl/α,β-unsaturated/α-hetero) is 1. The molecule has 80 valence electrons. The monoisotopic (exact) mass is 210 g/mol. The van der Waals surface area contributed by atoms with Crippen LogP contribution in [0.1, 0.15) is 18.9 Å². The van der Waals surface area contributed by atoms with Crippen LogP contribution in [-0.2, 0) is 11.2 Å². The van der Waals surface area contributed by atoms with Gasteiger partial charge in [-0.1, -0.05) is 13.0 Å². The molecule has 0 spiro atoms. The van der Waals surface area contributed by atoms with E-state index in [9.17, 15) is 13.6 Å². The van der Waals surface area contributed by atoms with Crippen molar-refractivity contribution in [1.29, 1.82) is 0 Å². The summed E-state index contributed by atoms with van der Waals surface area (Å²) in [6.07, 6.45) is 1.15. The predicted molar refractivity (Wildman–Crippen MR) is 52.3 cm³/mol. The van der Waals surface area contributed by atoms with Crippen molar-refractivity contribution < 1.29 is 13.6 Å². The van der Waals surface area contributed by atoms with Gasteiger partial charge in [-0.25, -0.2) is 8.78 Å². The fourth-order valence-electron chi connectivity index (χ4n) is 1.75. The molecule has 1 aliphatic carbocycles. The molecule has 1 aromatic rings. The van der Waals surface area contributed by atoms with Gasteiger partial charge < -0.3 is 0 Å². The van der Waals surface area contributed by atoms with E-state index in [4.69, 9.17) is 0 Å². The van der Waals surface area contributed by atoms with Crippen molar-refractivity contribution >= 4 is 5.78 Å². The number of ketones is 1. The summed E-state index contributed by atoms with van der Waals surface area (Å²) in [5.74, 6) is -1.02. The van der Waals surface area contributed by atoms with Gasteiger partial charge in [0.15, 0.2) is 11.6 Å². The summed E-state index contributed by atoms with van der Waals surface area (Å²) in [4.78, 5) is 11.6. The summed E-state index contributed by atoms with van der Waals surface area (Å²) in [7, 11) is 0. The number of hydrogen-bond acceptors (Lipinski definition) is 1. The molecular weight excluding hydrogens is 198 g/mol. The third kappa shape index (κ3) is 2.22. The van der Waals surface area contributed by atoms with Gasteiger partial charge in [-0.05, 0) is 30.0 Å². The van der Waals surface area contributed by atoms with Gasteiger partial charge in [0.05, 0.1) is 0 Å². The fraction of sp³-hybridized carbons (Fsp3) is 0.417. The molecule has 0 amide bonds. The lowest BCUT2D eigenvalue weighted by Gasteiger charge is -2.00. The van der Waals surface area contributed by atoms with E-state index in [-0.39, 0.29) is 18.1 Å². The Balaban J connectivity index is 2.04. The third-order valence-electron chi connectivity index (χ3n) is 2.89. The molecule has 0 N–H and O–H groups in total. The first kappa shape index (κ1) is 10.3. The Morgan fingerprint density at radius 2 is 2.07 bits per heavy atom. The van der Waals surface area contributed by atoms with Gasteiger partial charge in [0, 0.05) is 12.3 Å². The molecule has 2 rings (SSSR count). The molecule has 0 aliphatic heterocycles. The van der Waals surface area contributed by atoms with Crippen molar-refractivity contribution in [2.75, 3.05) is 0 Å². The van der Waals surface area contributed by atoms with Crippen LogP contribution in [0.25, 0.3) is 0 Å². The van der Waals surface area contributed by atoms with Gasteiger partial charge in [0.2, 0.25) is 0 Å². The summed E-state index contributed by atoms with van der Waals surface area (Å²) >= 11 is 0. The van der Waals surface area contributed by atoms with E-state index in [2.05, 4.69) is 0 Å². The Bertz CT molecular complexity index is 401. The molecular formula is C12H12F2O. The quantitative estimate of drug-likeness (QED) is 0.749. The van der Waals surface area contributed by atoms with E-state index in [1.54, 1.807) is 0 Å². The summed E-state index contributed by atoms with van der Waals surface area (Å²) in [6.45, 7) is 2.02. The minimum absolute atomic E-state index is 0.133. The fourth-order valence-corrected chi connectivity index (χ4v) is 1.75. The SMILES string of the molecule is CC1CC1C(=O)Cc1ccc(F)c(F)c1. The Hall–Kier alpha value is -1.25. The average molecular weight is 210 g/mol. The van der Waals surface area contributed by atoms with Crippen LogP contribution in [0.2, 0.25) is 0 Å². The summed E-state index contributed by atoms with van der Waals surface area (Å²) in [6, 6.07) is 3.62. The van der Waals surface area contributed by atoms with Gasteiger partial charge in [0.25, 0.3) is 0 Å². The first-order chi connectivity index (χ1) is 7.08. The normalized spacial score (nSPS) is 23.9. The molecule has 2 atom stereocenters. The van der Waals surface area contributed by atoms with E-state index >= 15 is 0 Å². The summed E-state index contributed by atoms with van der Waals surface area (Å²) < 4.78 is 25.4. The Morgan fingerprint density at radius 3 is 2.60 bits per heavy atom. The summed E-state index contributed by atoms with van der Waals surface area (Å²) in [5, 5.41) is 0. The first-order valence-electron chi connectivity index (χ1n) is 5.04. The molecule has 1 aromatic carbocycles. The number of rotatable bonds is 3. The van der Waals surface area contributed by atoms with Gasteiger partial charge in [-0.2, -0.15) is 0 Å². The molecule has 15 heavy (non-hydrogen) atoms. The highest BCUT2D eigenvalue weighted by Gasteiger charge is 2.38. The minimum Gasteiger partial charge on any atom is -0.299 e. The second-order valence-electron chi connectivity index (χ2n) is 4.21. The standard InChI is InChI=1S/C12H12F2O/c1-7-4-9(7)12(15)6-8-2-3-10(13)11(14)5-8/h2-3,5,7,9H,4,6H2,1H3. The Morgan fingerprint density at radius 1 is 1.40 bits per heavy atom. The second-order valence-corrected chi connectivity index (χ2v) is 4.21. The van der Waals surface area contributed by atoms with Crippen molar-refractivity contribution in [2.24, 2.45) is 11.8 Å². The van der Waals surface area contributed by atoms with Crippen molar-refractivity contribution in [3.63, 3.8) is 0 Å². The van der Waals surface area contributed by atoms with Crippen LogP contribution in [0.15, 0.2) is 18.2 Å². The minimum atomic E-state index is -0.885. The largest absolute Gasteiger partial charge is 0.299 e. The number of hydrogen-bond donors (Lipinski definition) is 0. The van der Waals surface area contributed by atoms with Gasteiger partial charge in [-0.15, -0.1) is 0 Å². The van der Waals surface area contributed by atoms with Crippen LogP contribution in [0.3, 0.4) is 0 Å². The van der Waals surface area contributed by atoms with Gasteiger partial charge in [-0.3, -0.25) is 4.79 Å². The zero-order valence-corrected chi connectivity index (χ0v) is 8.47. The van der Waals surface area contributed by atoms with E-state index < -0.39 is 11.6 Å². The van der Waals surface area contributed by atoms with Crippen molar-refractivity contribution in [3.8, 4) is 0 Å². The highest BCUT2D eigenvalue weighted by molar-refractivity contribution is 5.85. The molecule has 0 aromatic heterocycles. The van der Waals surface area contributed by atoms with Gasteiger partial charge in [0.1, 0.15) is 5.78 Å². The average Bonchev–Trinajstić information content (AvgIpc) is 2.89. The lowest BCUT2D eigenvalue weighted by Crippen LogP contribution is -2.06. The number of benzene rings is 1. The molecule has 0 radical (unpaired) electrons. The number of carbonyl (C=O) groups excluding carboxylic acids is 1. The molecule has 1 nitrogen and oxygen atoms in total. The van der Waals surface area contributed by atoms with Crippen LogP contribution < -0.4 is 0 Å². The lowest BCUT2D eigenvalue weighted by molar-refractivity contribution is -0.119. The van der Waals surface area contributed by atoms with Crippen molar-refractivity contribution in [1.82, 2.24) is 0 Å². The van der Waals surface area contributed by atoms with Crippen LogP contribution in [0.4, 0.5) is 8.78 Å². The van der Waals surface area contributed by atoms with E-state index in [1.807, 2.05) is 6.92 Å². The molecule has 0 bridgehead atoms. The number of halogens is 2. The Labute approximate surface area is 87.1 Å². The maximum atomic E-state index is 12.8. The van der Waals surface area contributed by atoms with E-state index in [0.29, 0.717) is 11.5 Å². The van der Waals surface area contributed by atoms with Crippen LogP contribution in [0.5, 0.6) is 0 Å². The predicted octanol–water partition coefficient (Wildman–Crippen LogP) is 2.73. The van der Waals surface area contributed by atoms with Crippen molar-refractivity contribution in [2.45, 2.75) is 19.8 Å². The topological polar surface area (TPSA) is 17.1 Å². The van der Waals surface area contributed by atoms with Gasteiger partial charge >= 0.3 is 0 Å².